The van der Waals surface area contributed by atoms with E-state index in [1.54, 1.807) is 6.92 Å². The number of halogens is 1. The zero-order chi connectivity index (χ0) is 9.30. The first kappa shape index (κ1) is 9.20. The van der Waals surface area contributed by atoms with E-state index in [4.69, 9.17) is 5.73 Å². The molecule has 1 atom stereocenters. The van der Waals surface area contributed by atoms with Gasteiger partial charge in [0.15, 0.2) is 0 Å². The SMILES string of the molecule is Cc1cc(C)c(C(C)N)cc1F. The zero-order valence-electron chi connectivity index (χ0n) is 7.69. The molecule has 0 spiro atoms. The van der Waals surface area contributed by atoms with Gasteiger partial charge in [0.1, 0.15) is 5.82 Å². The number of hydrogen-bond donors (Lipinski definition) is 1. The van der Waals surface area contributed by atoms with E-state index in [1.807, 2.05) is 19.9 Å². The fraction of sp³-hybridized carbons (Fsp3) is 0.400. The van der Waals surface area contributed by atoms with E-state index in [-0.39, 0.29) is 11.9 Å². The van der Waals surface area contributed by atoms with Gasteiger partial charge < -0.3 is 5.73 Å². The van der Waals surface area contributed by atoms with Crippen LogP contribution >= 0.6 is 0 Å². The molecule has 0 saturated heterocycles. The Labute approximate surface area is 72.4 Å². The van der Waals surface area contributed by atoms with Gasteiger partial charge in [0.05, 0.1) is 0 Å². The molecule has 1 unspecified atom stereocenters. The van der Waals surface area contributed by atoms with Crippen LogP contribution in [0.25, 0.3) is 0 Å². The minimum absolute atomic E-state index is 0.0971. The fourth-order valence-corrected chi connectivity index (χ4v) is 1.33. The lowest BCUT2D eigenvalue weighted by molar-refractivity contribution is 0.612. The molecule has 1 rings (SSSR count). The average molecular weight is 167 g/mol. The average Bonchev–Trinajstić information content (AvgIpc) is 1.96. The number of aryl methyl sites for hydroxylation is 2. The van der Waals surface area contributed by atoms with Gasteiger partial charge in [-0.25, -0.2) is 4.39 Å². The topological polar surface area (TPSA) is 26.0 Å². The molecule has 1 aromatic rings. The Morgan fingerprint density at radius 1 is 1.25 bits per heavy atom. The Kier molecular flexibility index (Phi) is 2.48. The molecule has 0 aliphatic rings. The van der Waals surface area contributed by atoms with E-state index in [9.17, 15) is 4.39 Å². The summed E-state index contributed by atoms with van der Waals surface area (Å²) in [4.78, 5) is 0. The minimum Gasteiger partial charge on any atom is -0.324 e. The lowest BCUT2D eigenvalue weighted by Gasteiger charge is -2.10. The molecular weight excluding hydrogens is 153 g/mol. The number of hydrogen-bond acceptors (Lipinski definition) is 1. The molecule has 2 heteroatoms. The van der Waals surface area contributed by atoms with Crippen LogP contribution in [-0.2, 0) is 0 Å². The van der Waals surface area contributed by atoms with E-state index in [2.05, 4.69) is 0 Å². The zero-order valence-corrected chi connectivity index (χ0v) is 7.69. The van der Waals surface area contributed by atoms with Gasteiger partial charge in [-0.3, -0.25) is 0 Å². The normalized spacial score (nSPS) is 13.1. The first-order valence-electron chi connectivity index (χ1n) is 4.04. The van der Waals surface area contributed by atoms with Gasteiger partial charge in [-0.2, -0.15) is 0 Å². The van der Waals surface area contributed by atoms with Gasteiger partial charge >= 0.3 is 0 Å². The smallest absolute Gasteiger partial charge is 0.126 e. The van der Waals surface area contributed by atoms with Gasteiger partial charge in [-0.1, -0.05) is 6.07 Å². The Bertz CT molecular complexity index is 292. The maximum absolute atomic E-state index is 13.1. The summed E-state index contributed by atoms with van der Waals surface area (Å²) in [5.41, 5.74) is 8.29. The van der Waals surface area contributed by atoms with Crippen molar-refractivity contribution < 1.29 is 4.39 Å². The molecule has 0 aliphatic heterocycles. The van der Waals surface area contributed by atoms with E-state index < -0.39 is 0 Å². The number of nitrogens with two attached hydrogens (primary N) is 1. The van der Waals surface area contributed by atoms with Crippen molar-refractivity contribution in [2.24, 2.45) is 5.73 Å². The van der Waals surface area contributed by atoms with Crippen molar-refractivity contribution >= 4 is 0 Å². The van der Waals surface area contributed by atoms with Crippen LogP contribution in [-0.4, -0.2) is 0 Å². The first-order chi connectivity index (χ1) is 5.52. The van der Waals surface area contributed by atoms with Crippen molar-refractivity contribution in [3.8, 4) is 0 Å². The summed E-state index contributed by atoms with van der Waals surface area (Å²) in [5, 5.41) is 0. The van der Waals surface area contributed by atoms with Gasteiger partial charge in [-0.15, -0.1) is 0 Å². The molecule has 0 heterocycles. The van der Waals surface area contributed by atoms with Crippen LogP contribution in [0.2, 0.25) is 0 Å². The van der Waals surface area contributed by atoms with Crippen molar-refractivity contribution in [1.29, 1.82) is 0 Å². The van der Waals surface area contributed by atoms with Gasteiger partial charge in [0.25, 0.3) is 0 Å². The molecule has 0 aromatic heterocycles. The summed E-state index contributed by atoms with van der Waals surface area (Å²) < 4.78 is 13.1. The predicted octanol–water partition coefficient (Wildman–Crippen LogP) is 2.46. The quantitative estimate of drug-likeness (QED) is 0.683. The Morgan fingerprint density at radius 3 is 2.33 bits per heavy atom. The summed E-state index contributed by atoms with van der Waals surface area (Å²) in [6.45, 7) is 5.57. The monoisotopic (exact) mass is 167 g/mol. The summed E-state index contributed by atoms with van der Waals surface area (Å²) in [6, 6.07) is 3.25. The highest BCUT2D eigenvalue weighted by atomic mass is 19.1. The second-order valence-corrected chi connectivity index (χ2v) is 3.25. The highest BCUT2D eigenvalue weighted by Gasteiger charge is 2.06. The van der Waals surface area contributed by atoms with Crippen molar-refractivity contribution in [2.45, 2.75) is 26.8 Å². The molecule has 0 amide bonds. The predicted molar refractivity (Wildman–Crippen MR) is 48.5 cm³/mol. The summed E-state index contributed by atoms with van der Waals surface area (Å²) in [5.74, 6) is -0.173. The largest absolute Gasteiger partial charge is 0.324 e. The molecule has 1 nitrogen and oxygen atoms in total. The van der Waals surface area contributed by atoms with E-state index in [1.165, 1.54) is 6.07 Å². The van der Waals surface area contributed by atoms with Crippen LogP contribution in [0, 0.1) is 19.7 Å². The van der Waals surface area contributed by atoms with Gasteiger partial charge in [0.2, 0.25) is 0 Å². The molecule has 0 aliphatic carbocycles. The highest BCUT2D eigenvalue weighted by Crippen LogP contribution is 2.19. The number of benzene rings is 1. The summed E-state index contributed by atoms with van der Waals surface area (Å²) >= 11 is 0. The van der Waals surface area contributed by atoms with Crippen LogP contribution in [0.1, 0.15) is 29.7 Å². The highest BCUT2D eigenvalue weighted by molar-refractivity contribution is 5.33. The molecule has 0 saturated carbocycles. The lowest BCUT2D eigenvalue weighted by Crippen LogP contribution is -2.07. The van der Waals surface area contributed by atoms with Crippen LogP contribution in [0.15, 0.2) is 12.1 Å². The molecule has 66 valence electrons. The third kappa shape index (κ3) is 1.64. The molecule has 0 fully saturated rings. The molecule has 12 heavy (non-hydrogen) atoms. The van der Waals surface area contributed by atoms with E-state index in [0.29, 0.717) is 5.56 Å². The van der Waals surface area contributed by atoms with Crippen molar-refractivity contribution in [3.63, 3.8) is 0 Å². The van der Waals surface area contributed by atoms with Gasteiger partial charge in [0, 0.05) is 6.04 Å². The van der Waals surface area contributed by atoms with Crippen molar-refractivity contribution in [1.82, 2.24) is 0 Å². The molecule has 2 N–H and O–H groups in total. The summed E-state index contributed by atoms with van der Waals surface area (Å²) in [7, 11) is 0. The van der Waals surface area contributed by atoms with E-state index >= 15 is 0 Å². The number of rotatable bonds is 1. The van der Waals surface area contributed by atoms with Crippen molar-refractivity contribution in [2.75, 3.05) is 0 Å². The molecule has 0 bridgehead atoms. The molecular formula is C10H14FN. The maximum Gasteiger partial charge on any atom is 0.126 e. The standard InChI is InChI=1S/C10H14FN/c1-6-4-7(2)10(11)5-9(6)8(3)12/h4-5,8H,12H2,1-3H3. The van der Waals surface area contributed by atoms with E-state index in [0.717, 1.165) is 11.1 Å². The Morgan fingerprint density at radius 2 is 1.83 bits per heavy atom. The Hall–Kier alpha value is -0.890. The second-order valence-electron chi connectivity index (χ2n) is 3.25. The Balaban J connectivity index is 3.23. The second kappa shape index (κ2) is 3.23. The minimum atomic E-state index is -0.173. The third-order valence-electron chi connectivity index (χ3n) is 2.04. The first-order valence-corrected chi connectivity index (χ1v) is 4.04. The fourth-order valence-electron chi connectivity index (χ4n) is 1.33. The van der Waals surface area contributed by atoms with Crippen molar-refractivity contribution in [3.05, 3.63) is 34.6 Å². The van der Waals surface area contributed by atoms with Crippen LogP contribution < -0.4 is 5.73 Å². The van der Waals surface area contributed by atoms with Crippen LogP contribution in [0.4, 0.5) is 4.39 Å². The molecule has 1 aromatic carbocycles. The van der Waals surface area contributed by atoms with Crippen LogP contribution in [0.3, 0.4) is 0 Å². The van der Waals surface area contributed by atoms with Gasteiger partial charge in [-0.05, 0) is 43.5 Å². The van der Waals surface area contributed by atoms with Crippen LogP contribution in [0.5, 0.6) is 0 Å². The lowest BCUT2D eigenvalue weighted by atomic mass is 10.0. The third-order valence-corrected chi connectivity index (χ3v) is 2.04. The molecule has 0 radical (unpaired) electrons. The summed E-state index contributed by atoms with van der Waals surface area (Å²) in [6.07, 6.45) is 0. The maximum atomic E-state index is 13.1.